The van der Waals surface area contributed by atoms with Gasteiger partial charge in [-0.3, -0.25) is 9.05 Å². The second kappa shape index (κ2) is 22.3. The number of hydrogen-bond donors (Lipinski definition) is 1. The number of carbonyl (C=O) groups is 1. The molecule has 0 amide bonds. The predicted molar refractivity (Wildman–Crippen MR) is 169 cm³/mol. The Balaban J connectivity index is 2.36. The van der Waals surface area contributed by atoms with E-state index in [4.69, 9.17) is 13.8 Å². The lowest BCUT2D eigenvalue weighted by molar-refractivity contribution is -0.888. The Morgan fingerprint density at radius 3 is 2.10 bits per heavy atom. The summed E-state index contributed by atoms with van der Waals surface area (Å²) in [7, 11) is 0.158. The molecule has 0 bridgehead atoms. The third kappa shape index (κ3) is 21.2. The van der Waals surface area contributed by atoms with Gasteiger partial charge < -0.3 is 18.9 Å². The Hall–Kier alpha value is -1.24. The Morgan fingerprint density at radius 1 is 0.878 bits per heavy atom. The molecule has 8 heteroatoms. The van der Waals surface area contributed by atoms with Crippen LogP contribution in [0.15, 0.2) is 24.3 Å². The Morgan fingerprint density at radius 2 is 1.49 bits per heavy atom. The number of Topliss-reactive ketones (excluding diaryl/α,β-unsaturated/α-hetero) is 1. The monoisotopic (exact) mass is 598 g/mol. The van der Waals surface area contributed by atoms with Gasteiger partial charge in [-0.15, -0.1) is 0 Å². The Kier molecular flexibility index (Phi) is 20.6. The zero-order chi connectivity index (χ0) is 30.4. The van der Waals surface area contributed by atoms with Gasteiger partial charge in [0.05, 0.1) is 47.0 Å². The topological polar surface area (TPSA) is 82.1 Å². The summed E-state index contributed by atoms with van der Waals surface area (Å²) in [6.07, 6.45) is 16.8. The van der Waals surface area contributed by atoms with Crippen molar-refractivity contribution in [2.45, 2.75) is 117 Å². The summed E-state index contributed by atoms with van der Waals surface area (Å²) in [5.74, 6) is 0.618. The highest BCUT2D eigenvalue weighted by atomic mass is 31.2. The van der Waals surface area contributed by atoms with Crippen LogP contribution in [0, 0.1) is 5.92 Å². The fraction of sp³-hybridized carbons (Fsp3) is 0.788. The maximum absolute atomic E-state index is 12.4. The summed E-state index contributed by atoms with van der Waals surface area (Å²) >= 11 is 0. The van der Waals surface area contributed by atoms with Crippen LogP contribution >= 0.6 is 7.82 Å². The first-order valence-electron chi connectivity index (χ1n) is 16.2. The molecule has 0 heterocycles. The van der Waals surface area contributed by atoms with Gasteiger partial charge >= 0.3 is 7.82 Å². The molecule has 0 fully saturated rings. The third-order valence-corrected chi connectivity index (χ3v) is 8.74. The average Bonchev–Trinajstić information content (AvgIpc) is 2.92. The minimum Gasteiger partial charge on any atom is -0.494 e. The summed E-state index contributed by atoms with van der Waals surface area (Å²) < 4.78 is 29.8. The largest absolute Gasteiger partial charge is 0.494 e. The van der Waals surface area contributed by atoms with Gasteiger partial charge in [-0.25, -0.2) is 4.57 Å². The van der Waals surface area contributed by atoms with E-state index in [-0.39, 0.29) is 31.3 Å². The summed E-state index contributed by atoms with van der Waals surface area (Å²) in [5, 5.41) is 0. The minimum atomic E-state index is -4.17. The molecule has 238 valence electrons. The van der Waals surface area contributed by atoms with Gasteiger partial charge in [0, 0.05) is 6.42 Å². The van der Waals surface area contributed by atoms with Gasteiger partial charge in [-0.2, -0.15) is 0 Å². The molecule has 1 aromatic carbocycles. The summed E-state index contributed by atoms with van der Waals surface area (Å²) in [6, 6.07) is 7.90. The molecule has 0 aromatic heterocycles. The highest BCUT2D eigenvalue weighted by Gasteiger charge is 2.24. The molecule has 1 rings (SSSR count). The van der Waals surface area contributed by atoms with Crippen molar-refractivity contribution in [2.75, 3.05) is 47.0 Å². The molecule has 0 saturated carbocycles. The second-order valence-electron chi connectivity index (χ2n) is 12.3. The number of benzene rings is 1. The van der Waals surface area contributed by atoms with Gasteiger partial charge in [0.2, 0.25) is 0 Å². The van der Waals surface area contributed by atoms with Gasteiger partial charge in [-0.1, -0.05) is 83.3 Å². The summed E-state index contributed by atoms with van der Waals surface area (Å²) in [4.78, 5) is 22.0. The van der Waals surface area contributed by atoms with Crippen LogP contribution in [0.3, 0.4) is 0 Å². The first-order chi connectivity index (χ1) is 19.6. The normalized spacial score (nSPS) is 14.1. The van der Waals surface area contributed by atoms with Crippen molar-refractivity contribution in [1.29, 1.82) is 0 Å². The van der Waals surface area contributed by atoms with E-state index in [1.165, 1.54) is 71.1 Å². The van der Waals surface area contributed by atoms with Crippen molar-refractivity contribution in [3.05, 3.63) is 29.8 Å². The number of hydrogen-bond acceptors (Lipinski definition) is 5. The molecule has 0 aliphatic heterocycles. The molecule has 0 radical (unpaired) electrons. The lowest BCUT2D eigenvalue weighted by Crippen LogP contribution is -2.39. The number of ketones is 1. The smallest absolute Gasteiger partial charge is 0.472 e. The fourth-order valence-corrected chi connectivity index (χ4v) is 5.70. The highest BCUT2D eigenvalue weighted by Crippen LogP contribution is 2.44. The van der Waals surface area contributed by atoms with E-state index in [1.54, 1.807) is 0 Å². The molecule has 7 nitrogen and oxygen atoms in total. The number of ether oxygens (including phenoxy) is 1. The summed E-state index contributed by atoms with van der Waals surface area (Å²) in [5.41, 5.74) is 1.02. The van der Waals surface area contributed by atoms with Gasteiger partial charge in [0.15, 0.2) is 0 Å². The maximum Gasteiger partial charge on any atom is 0.472 e. The molecule has 1 aromatic rings. The molecular formula is C33H61NO6P+. The zero-order valence-corrected chi connectivity index (χ0v) is 27.8. The fourth-order valence-electron chi connectivity index (χ4n) is 4.87. The molecule has 0 spiro atoms. The molecule has 2 unspecified atom stereocenters. The van der Waals surface area contributed by atoms with E-state index in [1.807, 2.05) is 24.3 Å². The van der Waals surface area contributed by atoms with Crippen LogP contribution in [0.4, 0.5) is 0 Å². The number of phosphoric ester groups is 1. The quantitative estimate of drug-likeness (QED) is 0.0621. The number of carbonyl (C=O) groups excluding carboxylic acids is 1. The van der Waals surface area contributed by atoms with Crippen LogP contribution in [-0.4, -0.2) is 62.2 Å². The van der Waals surface area contributed by atoms with Crippen LogP contribution in [-0.2, 0) is 24.8 Å². The lowest BCUT2D eigenvalue weighted by Gasteiger charge is -2.28. The van der Waals surface area contributed by atoms with Crippen molar-refractivity contribution in [2.24, 2.45) is 5.92 Å². The lowest BCUT2D eigenvalue weighted by atomic mass is 9.95. The minimum absolute atomic E-state index is 0.0169. The molecular weight excluding hydrogens is 537 g/mol. The molecule has 0 saturated heterocycles. The zero-order valence-electron chi connectivity index (χ0n) is 26.9. The predicted octanol–water partition coefficient (Wildman–Crippen LogP) is 8.52. The van der Waals surface area contributed by atoms with Crippen LogP contribution < -0.4 is 4.74 Å². The van der Waals surface area contributed by atoms with Crippen LogP contribution in [0.1, 0.15) is 116 Å². The number of unbranched alkanes of at least 4 members (excludes halogenated alkanes) is 11. The standard InChI is InChI=1S/C33H60NO6P/c1-6-8-9-10-11-12-13-14-15-16-18-24-38-33-22-20-21-31(28-33)27-32(26-30(3)35)29-40-41(36,37)39-25-19-17-23-34(4,5)7-2/h20-22,28,32H,6-19,23-27,29H2,1-5H3/p+1. The van der Waals surface area contributed by atoms with Gasteiger partial charge in [-0.05, 0) is 63.1 Å². The maximum atomic E-state index is 12.4. The van der Waals surface area contributed by atoms with Crippen molar-refractivity contribution in [3.8, 4) is 5.75 Å². The first kappa shape index (κ1) is 37.8. The molecule has 41 heavy (non-hydrogen) atoms. The van der Waals surface area contributed by atoms with Gasteiger partial charge in [0.25, 0.3) is 0 Å². The van der Waals surface area contributed by atoms with E-state index in [0.717, 1.165) is 41.7 Å². The van der Waals surface area contributed by atoms with E-state index in [2.05, 4.69) is 27.9 Å². The number of rotatable bonds is 27. The van der Waals surface area contributed by atoms with Crippen LogP contribution in [0.2, 0.25) is 0 Å². The van der Waals surface area contributed by atoms with E-state index in [0.29, 0.717) is 19.4 Å². The Bertz CT molecular complexity index is 862. The highest BCUT2D eigenvalue weighted by molar-refractivity contribution is 7.47. The molecule has 0 aliphatic carbocycles. The van der Waals surface area contributed by atoms with Crippen molar-refractivity contribution < 1.29 is 32.5 Å². The number of quaternary nitrogens is 1. The van der Waals surface area contributed by atoms with E-state index in [9.17, 15) is 14.3 Å². The summed E-state index contributed by atoms with van der Waals surface area (Å²) in [6.45, 7) is 8.81. The molecule has 0 aliphatic rings. The van der Waals surface area contributed by atoms with Gasteiger partial charge in [0.1, 0.15) is 11.5 Å². The van der Waals surface area contributed by atoms with E-state index < -0.39 is 7.82 Å². The van der Waals surface area contributed by atoms with Crippen LogP contribution in [0.5, 0.6) is 5.75 Å². The van der Waals surface area contributed by atoms with Crippen molar-refractivity contribution in [3.63, 3.8) is 0 Å². The second-order valence-corrected chi connectivity index (χ2v) is 13.7. The van der Waals surface area contributed by atoms with Crippen molar-refractivity contribution >= 4 is 13.6 Å². The van der Waals surface area contributed by atoms with Crippen LogP contribution in [0.25, 0.3) is 0 Å². The SMILES string of the molecule is CCCCCCCCCCCCCOc1cccc(CC(COP(=O)(O)OCCCC[N+](C)(C)CC)CC(C)=O)c1. The first-order valence-corrected chi connectivity index (χ1v) is 17.7. The average molecular weight is 599 g/mol. The molecule has 1 N–H and O–H groups in total. The van der Waals surface area contributed by atoms with Crippen molar-refractivity contribution in [1.82, 2.24) is 0 Å². The number of nitrogens with zero attached hydrogens (tertiary/aromatic N) is 1. The van der Waals surface area contributed by atoms with E-state index >= 15 is 0 Å². The third-order valence-electron chi connectivity index (χ3n) is 7.76. The number of phosphoric acid groups is 1. The Labute approximate surface area is 251 Å². The molecule has 2 atom stereocenters.